The minimum atomic E-state index is -0.165. The Bertz CT molecular complexity index is 1150. The molecule has 4 aromatic rings. The molecule has 0 aliphatic rings. The van der Waals surface area contributed by atoms with Crippen molar-refractivity contribution in [2.24, 2.45) is 0 Å². The molecule has 2 heterocycles. The topological polar surface area (TPSA) is 62.7 Å². The Morgan fingerprint density at radius 3 is 2.52 bits per heavy atom. The van der Waals surface area contributed by atoms with E-state index in [0.29, 0.717) is 5.69 Å². The summed E-state index contributed by atoms with van der Waals surface area (Å²) < 4.78 is 1.85. The van der Waals surface area contributed by atoms with Crippen LogP contribution in [0.25, 0.3) is 16.6 Å². The summed E-state index contributed by atoms with van der Waals surface area (Å²) in [4.78, 5) is 16.1. The van der Waals surface area contributed by atoms with Gasteiger partial charge in [0.25, 0.3) is 5.91 Å². The summed E-state index contributed by atoms with van der Waals surface area (Å²) in [5.74, 6) is -0.165. The zero-order valence-electron chi connectivity index (χ0n) is 15.9. The molecule has 5 heteroatoms. The third kappa shape index (κ3) is 3.01. The minimum absolute atomic E-state index is 0.165. The fourth-order valence-corrected chi connectivity index (χ4v) is 3.55. The summed E-state index contributed by atoms with van der Waals surface area (Å²) in [7, 11) is 0. The first-order valence-corrected chi connectivity index (χ1v) is 8.97. The monoisotopic (exact) mass is 358 g/mol. The number of fused-ring (bicyclic) bond motifs is 1. The van der Waals surface area contributed by atoms with E-state index in [1.54, 1.807) is 0 Å². The lowest BCUT2D eigenvalue weighted by atomic mass is 10.1. The van der Waals surface area contributed by atoms with E-state index in [-0.39, 0.29) is 5.91 Å². The second kappa shape index (κ2) is 6.43. The number of rotatable bonds is 3. The largest absolute Gasteiger partial charge is 0.351 e. The van der Waals surface area contributed by atoms with E-state index in [4.69, 9.17) is 0 Å². The number of amides is 1. The second-order valence-corrected chi connectivity index (χ2v) is 6.97. The predicted molar refractivity (Wildman–Crippen MR) is 109 cm³/mol. The van der Waals surface area contributed by atoms with Gasteiger partial charge in [-0.2, -0.15) is 5.10 Å². The number of nitrogens with one attached hydrogen (secondary N) is 2. The number of aromatic nitrogens is 3. The summed E-state index contributed by atoms with van der Waals surface area (Å²) in [5, 5.41) is 8.68. The van der Waals surface area contributed by atoms with Crippen LogP contribution in [0.2, 0.25) is 0 Å². The molecule has 136 valence electrons. The van der Waals surface area contributed by atoms with Gasteiger partial charge in [-0.25, -0.2) is 4.68 Å². The number of hydrogen-bond donors (Lipinski definition) is 2. The van der Waals surface area contributed by atoms with E-state index in [9.17, 15) is 4.79 Å². The summed E-state index contributed by atoms with van der Waals surface area (Å²) in [6, 6.07) is 16.0. The molecular formula is C22H22N4O. The Morgan fingerprint density at radius 2 is 1.78 bits per heavy atom. The van der Waals surface area contributed by atoms with Gasteiger partial charge in [-0.3, -0.25) is 4.79 Å². The van der Waals surface area contributed by atoms with Crippen molar-refractivity contribution in [1.82, 2.24) is 14.8 Å². The van der Waals surface area contributed by atoms with Crippen LogP contribution in [-0.4, -0.2) is 20.7 Å². The Labute approximate surface area is 158 Å². The minimum Gasteiger partial charge on any atom is -0.351 e. The summed E-state index contributed by atoms with van der Waals surface area (Å²) in [6.45, 7) is 7.98. The van der Waals surface area contributed by atoms with Crippen molar-refractivity contribution in [2.75, 3.05) is 5.32 Å². The number of aryl methyl sites for hydroxylation is 3. The fraction of sp³-hybridized carbons (Fsp3) is 0.182. The molecule has 2 N–H and O–H groups in total. The normalized spacial score (nSPS) is 11.1. The van der Waals surface area contributed by atoms with Gasteiger partial charge in [0, 0.05) is 10.9 Å². The molecule has 0 saturated heterocycles. The van der Waals surface area contributed by atoms with E-state index >= 15 is 0 Å². The van der Waals surface area contributed by atoms with Gasteiger partial charge in [0.05, 0.1) is 22.8 Å². The molecule has 2 aromatic heterocycles. The number of H-pyrrole nitrogens is 1. The van der Waals surface area contributed by atoms with E-state index in [1.165, 1.54) is 5.56 Å². The number of carbonyl (C=O) groups excluding carboxylic acids is 1. The van der Waals surface area contributed by atoms with Crippen molar-refractivity contribution < 1.29 is 4.79 Å². The molecule has 1 amide bonds. The maximum atomic E-state index is 12.9. The molecule has 0 radical (unpaired) electrons. The maximum absolute atomic E-state index is 12.9. The molecule has 0 spiro atoms. The van der Waals surface area contributed by atoms with Crippen LogP contribution in [0.5, 0.6) is 0 Å². The fourth-order valence-electron chi connectivity index (χ4n) is 3.55. The third-order valence-electron chi connectivity index (χ3n) is 4.86. The first-order valence-electron chi connectivity index (χ1n) is 8.97. The highest BCUT2D eigenvalue weighted by molar-refractivity contribution is 6.06. The Morgan fingerprint density at radius 1 is 1.04 bits per heavy atom. The number of aromatic amines is 1. The van der Waals surface area contributed by atoms with Crippen molar-refractivity contribution in [3.05, 3.63) is 76.7 Å². The molecular weight excluding hydrogens is 336 g/mol. The SMILES string of the molecule is Cc1cc(C)c2cc(C(=O)Nc3c(C)nn(-c4ccccc4)c3C)[nH]c2c1. The average molecular weight is 358 g/mol. The molecule has 0 aliphatic heterocycles. The molecule has 0 fully saturated rings. The lowest BCUT2D eigenvalue weighted by molar-refractivity contribution is 0.102. The smallest absolute Gasteiger partial charge is 0.272 e. The summed E-state index contributed by atoms with van der Waals surface area (Å²) >= 11 is 0. The summed E-state index contributed by atoms with van der Waals surface area (Å²) in [6.07, 6.45) is 0. The Balaban J connectivity index is 1.68. The predicted octanol–water partition coefficient (Wildman–Crippen LogP) is 4.84. The molecule has 5 nitrogen and oxygen atoms in total. The molecule has 0 atom stereocenters. The van der Waals surface area contributed by atoms with E-state index in [0.717, 1.165) is 39.2 Å². The standard InChI is InChI=1S/C22H22N4O/c1-13-10-14(2)18-12-20(23-19(18)11-13)22(27)24-21-15(3)25-26(16(21)4)17-8-6-5-7-9-17/h5-12,23H,1-4H3,(H,24,27). The van der Waals surface area contributed by atoms with E-state index in [1.807, 2.05) is 54.9 Å². The Hall–Kier alpha value is -3.34. The van der Waals surface area contributed by atoms with Crippen LogP contribution >= 0.6 is 0 Å². The van der Waals surface area contributed by atoms with Crippen LogP contribution in [-0.2, 0) is 0 Å². The van der Waals surface area contributed by atoms with Gasteiger partial charge in [-0.05, 0) is 63.1 Å². The molecule has 0 bridgehead atoms. The van der Waals surface area contributed by atoms with E-state index in [2.05, 4.69) is 41.4 Å². The van der Waals surface area contributed by atoms with Gasteiger partial charge in [0.1, 0.15) is 5.69 Å². The molecule has 4 rings (SSSR count). The first-order chi connectivity index (χ1) is 12.9. The first kappa shape index (κ1) is 17.1. The molecule has 27 heavy (non-hydrogen) atoms. The van der Waals surface area contributed by atoms with Crippen LogP contribution in [0.4, 0.5) is 5.69 Å². The van der Waals surface area contributed by atoms with Gasteiger partial charge in [0.15, 0.2) is 0 Å². The lowest BCUT2D eigenvalue weighted by Crippen LogP contribution is -2.13. The third-order valence-corrected chi connectivity index (χ3v) is 4.86. The van der Waals surface area contributed by atoms with Crippen LogP contribution in [0.1, 0.15) is 33.0 Å². The number of benzene rings is 2. The Kier molecular flexibility index (Phi) is 4.07. The molecule has 0 aliphatic carbocycles. The summed E-state index contributed by atoms with van der Waals surface area (Å²) in [5.41, 5.74) is 7.25. The quantitative estimate of drug-likeness (QED) is 0.550. The number of carbonyl (C=O) groups is 1. The highest BCUT2D eigenvalue weighted by Gasteiger charge is 2.17. The number of nitrogens with zero attached hydrogens (tertiary/aromatic N) is 2. The lowest BCUT2D eigenvalue weighted by Gasteiger charge is -2.06. The van der Waals surface area contributed by atoms with E-state index < -0.39 is 0 Å². The van der Waals surface area contributed by atoms with Crippen LogP contribution in [0, 0.1) is 27.7 Å². The van der Waals surface area contributed by atoms with Gasteiger partial charge >= 0.3 is 0 Å². The van der Waals surface area contributed by atoms with Gasteiger partial charge in [0.2, 0.25) is 0 Å². The van der Waals surface area contributed by atoms with Crippen molar-refractivity contribution in [3.8, 4) is 5.69 Å². The van der Waals surface area contributed by atoms with Crippen molar-refractivity contribution in [2.45, 2.75) is 27.7 Å². The second-order valence-electron chi connectivity index (χ2n) is 6.97. The number of anilines is 1. The van der Waals surface area contributed by atoms with Gasteiger partial charge in [-0.15, -0.1) is 0 Å². The van der Waals surface area contributed by atoms with Crippen molar-refractivity contribution in [3.63, 3.8) is 0 Å². The highest BCUT2D eigenvalue weighted by Crippen LogP contribution is 2.25. The molecule has 0 saturated carbocycles. The van der Waals surface area contributed by atoms with Crippen molar-refractivity contribution >= 4 is 22.5 Å². The number of para-hydroxylation sites is 1. The van der Waals surface area contributed by atoms with Gasteiger partial charge in [-0.1, -0.05) is 24.3 Å². The zero-order valence-corrected chi connectivity index (χ0v) is 15.9. The molecule has 2 aromatic carbocycles. The van der Waals surface area contributed by atoms with Crippen LogP contribution in [0.3, 0.4) is 0 Å². The molecule has 0 unspecified atom stereocenters. The van der Waals surface area contributed by atoms with Gasteiger partial charge < -0.3 is 10.3 Å². The number of hydrogen-bond acceptors (Lipinski definition) is 2. The maximum Gasteiger partial charge on any atom is 0.272 e. The van der Waals surface area contributed by atoms with Crippen molar-refractivity contribution in [1.29, 1.82) is 0 Å². The highest BCUT2D eigenvalue weighted by atomic mass is 16.1. The van der Waals surface area contributed by atoms with Crippen LogP contribution < -0.4 is 5.32 Å². The zero-order chi connectivity index (χ0) is 19.1. The average Bonchev–Trinajstić information content (AvgIpc) is 3.19. The van der Waals surface area contributed by atoms with Crippen LogP contribution in [0.15, 0.2) is 48.5 Å².